The van der Waals surface area contributed by atoms with E-state index < -0.39 is 0 Å². The number of anilines is 3. The fraction of sp³-hybridized carbons (Fsp3) is 0.429. The van der Waals surface area contributed by atoms with E-state index in [0.717, 1.165) is 32.0 Å². The fourth-order valence-electron chi connectivity index (χ4n) is 2.17. The maximum atomic E-state index is 5.68. The lowest BCUT2D eigenvalue weighted by molar-refractivity contribution is 0.122. The topological polar surface area (TPSA) is 89.4 Å². The van der Waals surface area contributed by atoms with Crippen molar-refractivity contribution in [3.05, 3.63) is 30.2 Å². The van der Waals surface area contributed by atoms with Crippen LogP contribution in [0.3, 0.4) is 0 Å². The molecule has 0 aliphatic carbocycles. The van der Waals surface area contributed by atoms with Gasteiger partial charge in [0.2, 0.25) is 5.89 Å². The van der Waals surface area contributed by atoms with Crippen molar-refractivity contribution in [3.8, 4) is 0 Å². The van der Waals surface area contributed by atoms with Crippen LogP contribution in [0.1, 0.15) is 18.9 Å². The molecule has 7 nitrogen and oxygen atoms in total. The minimum Gasteiger partial charge on any atom is -0.406 e. The van der Waals surface area contributed by atoms with Gasteiger partial charge in [-0.1, -0.05) is 5.10 Å². The van der Waals surface area contributed by atoms with Crippen molar-refractivity contribution in [3.63, 3.8) is 0 Å². The van der Waals surface area contributed by atoms with Crippen molar-refractivity contribution < 1.29 is 9.15 Å². The lowest BCUT2D eigenvalue weighted by atomic mass is 10.2. The first kappa shape index (κ1) is 13.8. The van der Waals surface area contributed by atoms with E-state index in [1.54, 1.807) is 6.92 Å². The number of nitrogens with zero attached hydrogens (tertiary/aromatic N) is 3. The second-order valence-electron chi connectivity index (χ2n) is 5.01. The van der Waals surface area contributed by atoms with Gasteiger partial charge >= 0.3 is 6.01 Å². The summed E-state index contributed by atoms with van der Waals surface area (Å²) >= 11 is 0. The molecule has 1 saturated heterocycles. The van der Waals surface area contributed by atoms with Crippen LogP contribution < -0.4 is 16.0 Å². The van der Waals surface area contributed by atoms with Crippen molar-refractivity contribution in [2.75, 3.05) is 36.5 Å². The highest BCUT2D eigenvalue weighted by Gasteiger charge is 2.12. The Labute approximate surface area is 123 Å². The second kappa shape index (κ2) is 6.11. The maximum absolute atomic E-state index is 5.68. The van der Waals surface area contributed by atoms with E-state index >= 15 is 0 Å². The molecule has 1 aliphatic rings. The van der Waals surface area contributed by atoms with Gasteiger partial charge in [0, 0.05) is 24.5 Å². The Kier molecular flexibility index (Phi) is 4.03. The Morgan fingerprint density at radius 1 is 1.19 bits per heavy atom. The molecular formula is C14H19N5O2. The molecule has 2 aromatic rings. The van der Waals surface area contributed by atoms with Gasteiger partial charge < -0.3 is 25.1 Å². The van der Waals surface area contributed by atoms with Gasteiger partial charge in [0.15, 0.2) is 0 Å². The van der Waals surface area contributed by atoms with E-state index in [0.29, 0.717) is 11.9 Å². The van der Waals surface area contributed by atoms with Crippen LogP contribution in [0.5, 0.6) is 0 Å². The molecular weight excluding hydrogens is 270 g/mol. The molecule has 1 atom stereocenters. The average molecular weight is 289 g/mol. The molecule has 21 heavy (non-hydrogen) atoms. The van der Waals surface area contributed by atoms with Crippen molar-refractivity contribution in [1.82, 2.24) is 10.2 Å². The number of morpholine rings is 1. The molecule has 1 aliphatic heterocycles. The smallest absolute Gasteiger partial charge is 0.320 e. The van der Waals surface area contributed by atoms with Crippen molar-refractivity contribution in [2.45, 2.75) is 13.0 Å². The quantitative estimate of drug-likeness (QED) is 0.884. The summed E-state index contributed by atoms with van der Waals surface area (Å²) in [6.45, 7) is 5.21. The van der Waals surface area contributed by atoms with E-state index in [9.17, 15) is 0 Å². The van der Waals surface area contributed by atoms with Crippen molar-refractivity contribution in [2.24, 2.45) is 5.73 Å². The number of aromatic nitrogens is 2. The van der Waals surface area contributed by atoms with Crippen LogP contribution in [0.2, 0.25) is 0 Å². The zero-order valence-electron chi connectivity index (χ0n) is 12.0. The van der Waals surface area contributed by atoms with Gasteiger partial charge in [-0.05, 0) is 31.2 Å². The minimum absolute atomic E-state index is 0.267. The van der Waals surface area contributed by atoms with Crippen LogP contribution >= 0.6 is 0 Å². The number of hydrogen-bond acceptors (Lipinski definition) is 7. The summed E-state index contributed by atoms with van der Waals surface area (Å²) in [4.78, 5) is 2.30. The molecule has 0 spiro atoms. The van der Waals surface area contributed by atoms with Gasteiger partial charge in [0.25, 0.3) is 0 Å². The Hall–Kier alpha value is -2.12. The third kappa shape index (κ3) is 3.32. The predicted octanol–water partition coefficient (Wildman–Crippen LogP) is 1.67. The predicted molar refractivity (Wildman–Crippen MR) is 79.7 cm³/mol. The van der Waals surface area contributed by atoms with E-state index in [1.807, 2.05) is 12.1 Å². The van der Waals surface area contributed by atoms with Crippen molar-refractivity contribution in [1.29, 1.82) is 0 Å². The van der Waals surface area contributed by atoms with Crippen LogP contribution in [0.15, 0.2) is 28.7 Å². The number of rotatable bonds is 4. The van der Waals surface area contributed by atoms with Crippen LogP contribution in [0.4, 0.5) is 17.4 Å². The minimum atomic E-state index is -0.267. The highest BCUT2D eigenvalue weighted by Crippen LogP contribution is 2.22. The molecule has 112 valence electrons. The summed E-state index contributed by atoms with van der Waals surface area (Å²) in [5.41, 5.74) is 7.76. The first-order chi connectivity index (χ1) is 10.2. The first-order valence-electron chi connectivity index (χ1n) is 7.01. The van der Waals surface area contributed by atoms with E-state index in [4.69, 9.17) is 14.9 Å². The molecule has 0 radical (unpaired) electrons. The highest BCUT2D eigenvalue weighted by atomic mass is 16.5. The summed E-state index contributed by atoms with van der Waals surface area (Å²) in [5.74, 6) is 0.419. The number of ether oxygens (including phenoxy) is 1. The molecule has 2 heterocycles. The zero-order chi connectivity index (χ0) is 14.7. The number of nitrogens with one attached hydrogen (secondary N) is 1. The molecule has 0 bridgehead atoms. The van der Waals surface area contributed by atoms with E-state index in [1.165, 1.54) is 5.69 Å². The molecule has 0 amide bonds. The van der Waals surface area contributed by atoms with E-state index in [2.05, 4.69) is 32.5 Å². The largest absolute Gasteiger partial charge is 0.406 e. The van der Waals surface area contributed by atoms with Gasteiger partial charge in [-0.3, -0.25) is 0 Å². The van der Waals surface area contributed by atoms with Crippen LogP contribution in [-0.2, 0) is 4.74 Å². The first-order valence-corrected chi connectivity index (χ1v) is 7.01. The van der Waals surface area contributed by atoms with E-state index in [-0.39, 0.29) is 6.04 Å². The Morgan fingerprint density at radius 2 is 1.90 bits per heavy atom. The summed E-state index contributed by atoms with van der Waals surface area (Å²) in [6, 6.07) is 8.19. The third-order valence-corrected chi connectivity index (χ3v) is 3.32. The summed E-state index contributed by atoms with van der Waals surface area (Å²) in [7, 11) is 0. The fourth-order valence-corrected chi connectivity index (χ4v) is 2.17. The molecule has 1 fully saturated rings. The molecule has 1 aromatic heterocycles. The number of nitrogens with two attached hydrogens (primary N) is 1. The summed E-state index contributed by atoms with van der Waals surface area (Å²) in [5, 5.41) is 10.9. The normalized spacial score (nSPS) is 16.8. The molecule has 0 saturated carbocycles. The standard InChI is InChI=1S/C14H19N5O2/c1-10(15)13-17-18-14(21-13)16-11-2-4-12(5-3-11)19-6-8-20-9-7-19/h2-5,10H,6-9,15H2,1H3,(H,16,18). The summed E-state index contributed by atoms with van der Waals surface area (Å²) < 4.78 is 10.8. The lowest BCUT2D eigenvalue weighted by Gasteiger charge is -2.28. The average Bonchev–Trinajstić information content (AvgIpc) is 2.98. The second-order valence-corrected chi connectivity index (χ2v) is 5.01. The van der Waals surface area contributed by atoms with Gasteiger partial charge in [0.05, 0.1) is 19.3 Å². The molecule has 7 heteroatoms. The third-order valence-electron chi connectivity index (χ3n) is 3.32. The van der Waals surface area contributed by atoms with Crippen molar-refractivity contribution >= 4 is 17.4 Å². The SMILES string of the molecule is CC(N)c1nnc(Nc2ccc(N3CCOCC3)cc2)o1. The Morgan fingerprint density at radius 3 is 2.52 bits per heavy atom. The van der Waals surface area contributed by atoms with Gasteiger partial charge in [0.1, 0.15) is 0 Å². The molecule has 1 unspecified atom stereocenters. The lowest BCUT2D eigenvalue weighted by Crippen LogP contribution is -2.36. The highest BCUT2D eigenvalue weighted by molar-refractivity contribution is 5.58. The molecule has 3 rings (SSSR count). The monoisotopic (exact) mass is 289 g/mol. The Bertz CT molecular complexity index is 575. The van der Waals surface area contributed by atoms with Gasteiger partial charge in [-0.25, -0.2) is 0 Å². The molecule has 3 N–H and O–H groups in total. The zero-order valence-corrected chi connectivity index (χ0v) is 12.0. The summed E-state index contributed by atoms with van der Waals surface area (Å²) in [6.07, 6.45) is 0. The van der Waals surface area contributed by atoms with Gasteiger partial charge in [-0.15, -0.1) is 5.10 Å². The number of hydrogen-bond donors (Lipinski definition) is 2. The number of benzene rings is 1. The molecule has 1 aromatic carbocycles. The maximum Gasteiger partial charge on any atom is 0.320 e. The Balaban J connectivity index is 1.65. The van der Waals surface area contributed by atoms with Crippen LogP contribution in [-0.4, -0.2) is 36.5 Å². The van der Waals surface area contributed by atoms with Crippen LogP contribution in [0.25, 0.3) is 0 Å². The van der Waals surface area contributed by atoms with Crippen LogP contribution in [0, 0.1) is 0 Å². The van der Waals surface area contributed by atoms with Gasteiger partial charge in [-0.2, -0.15) is 0 Å².